The fourth-order valence-electron chi connectivity index (χ4n) is 2.27. The molecule has 0 aromatic carbocycles. The zero-order chi connectivity index (χ0) is 13.0. The molecule has 2 rings (SSSR count). The Morgan fingerprint density at radius 3 is 2.89 bits per heavy atom. The zero-order valence-corrected chi connectivity index (χ0v) is 11.4. The van der Waals surface area contributed by atoms with Gasteiger partial charge in [0.05, 0.1) is 18.0 Å². The van der Waals surface area contributed by atoms with Crippen molar-refractivity contribution in [3.8, 4) is 0 Å². The van der Waals surface area contributed by atoms with Crippen LogP contribution < -0.4 is 10.6 Å². The molecule has 1 unspecified atom stereocenters. The van der Waals surface area contributed by atoms with E-state index >= 15 is 0 Å². The van der Waals surface area contributed by atoms with Crippen LogP contribution in [0.4, 0.5) is 11.6 Å². The van der Waals surface area contributed by atoms with Crippen LogP contribution in [-0.2, 0) is 4.74 Å². The van der Waals surface area contributed by atoms with Gasteiger partial charge in [-0.1, -0.05) is 0 Å². The SMILES string of the molecule is CCNc1cncc(NC2CCOC(C)(C)C2)n1. The second-order valence-corrected chi connectivity index (χ2v) is 5.26. The van der Waals surface area contributed by atoms with Gasteiger partial charge in [-0.05, 0) is 33.6 Å². The number of ether oxygens (including phenoxy) is 1. The number of hydrogen-bond donors (Lipinski definition) is 2. The van der Waals surface area contributed by atoms with Gasteiger partial charge in [0.25, 0.3) is 0 Å². The highest BCUT2D eigenvalue weighted by Gasteiger charge is 2.28. The maximum Gasteiger partial charge on any atom is 0.147 e. The van der Waals surface area contributed by atoms with Gasteiger partial charge in [-0.3, -0.25) is 4.98 Å². The van der Waals surface area contributed by atoms with E-state index in [1.54, 1.807) is 12.4 Å². The second-order valence-electron chi connectivity index (χ2n) is 5.26. The van der Waals surface area contributed by atoms with Gasteiger partial charge >= 0.3 is 0 Å². The number of aromatic nitrogens is 2. The third-order valence-electron chi connectivity index (χ3n) is 3.04. The molecule has 100 valence electrons. The lowest BCUT2D eigenvalue weighted by Crippen LogP contribution is -2.40. The highest BCUT2D eigenvalue weighted by atomic mass is 16.5. The van der Waals surface area contributed by atoms with Crippen molar-refractivity contribution in [1.82, 2.24) is 9.97 Å². The minimum Gasteiger partial charge on any atom is -0.375 e. The number of hydrogen-bond acceptors (Lipinski definition) is 5. The maximum absolute atomic E-state index is 5.71. The number of anilines is 2. The summed E-state index contributed by atoms with van der Waals surface area (Å²) in [4.78, 5) is 8.67. The fraction of sp³-hybridized carbons (Fsp3) is 0.692. The fourth-order valence-corrected chi connectivity index (χ4v) is 2.27. The van der Waals surface area contributed by atoms with Gasteiger partial charge in [0.2, 0.25) is 0 Å². The first-order valence-corrected chi connectivity index (χ1v) is 6.55. The Morgan fingerprint density at radius 1 is 1.39 bits per heavy atom. The van der Waals surface area contributed by atoms with Crippen LogP contribution in [0.15, 0.2) is 12.4 Å². The minimum atomic E-state index is -0.0530. The van der Waals surface area contributed by atoms with E-state index in [0.29, 0.717) is 6.04 Å². The predicted molar refractivity (Wildman–Crippen MR) is 72.9 cm³/mol. The minimum absolute atomic E-state index is 0.0530. The molecule has 0 amide bonds. The van der Waals surface area contributed by atoms with Crippen molar-refractivity contribution >= 4 is 11.6 Å². The van der Waals surface area contributed by atoms with Gasteiger partial charge in [-0.15, -0.1) is 0 Å². The Hall–Kier alpha value is -1.36. The van der Waals surface area contributed by atoms with E-state index in [9.17, 15) is 0 Å². The van der Waals surface area contributed by atoms with E-state index in [4.69, 9.17) is 4.74 Å². The molecule has 1 aromatic heterocycles. The van der Waals surface area contributed by atoms with Crippen molar-refractivity contribution in [3.05, 3.63) is 12.4 Å². The molecular weight excluding hydrogens is 228 g/mol. The summed E-state index contributed by atoms with van der Waals surface area (Å²) in [5.41, 5.74) is -0.0530. The summed E-state index contributed by atoms with van der Waals surface area (Å²) in [6.07, 6.45) is 5.50. The van der Waals surface area contributed by atoms with Gasteiger partial charge in [0.1, 0.15) is 11.6 Å². The van der Waals surface area contributed by atoms with Crippen molar-refractivity contribution in [1.29, 1.82) is 0 Å². The summed E-state index contributed by atoms with van der Waals surface area (Å²) in [6.45, 7) is 7.94. The Balaban J connectivity index is 1.98. The summed E-state index contributed by atoms with van der Waals surface area (Å²) in [6, 6.07) is 0.403. The molecule has 0 aliphatic carbocycles. The molecule has 0 spiro atoms. The van der Waals surface area contributed by atoms with E-state index in [-0.39, 0.29) is 5.60 Å². The van der Waals surface area contributed by atoms with Crippen LogP contribution >= 0.6 is 0 Å². The van der Waals surface area contributed by atoms with E-state index in [1.807, 2.05) is 6.92 Å². The van der Waals surface area contributed by atoms with E-state index in [0.717, 1.165) is 37.6 Å². The van der Waals surface area contributed by atoms with Gasteiger partial charge < -0.3 is 15.4 Å². The summed E-state index contributed by atoms with van der Waals surface area (Å²) >= 11 is 0. The first kappa shape index (κ1) is 13.1. The summed E-state index contributed by atoms with van der Waals surface area (Å²) in [7, 11) is 0. The zero-order valence-electron chi connectivity index (χ0n) is 11.4. The average molecular weight is 250 g/mol. The molecule has 0 bridgehead atoms. The predicted octanol–water partition coefficient (Wildman–Crippen LogP) is 2.28. The molecule has 1 fully saturated rings. The van der Waals surface area contributed by atoms with Crippen LogP contribution in [0.25, 0.3) is 0 Å². The molecule has 1 aliphatic heterocycles. The Morgan fingerprint density at radius 2 is 2.17 bits per heavy atom. The number of rotatable bonds is 4. The highest BCUT2D eigenvalue weighted by molar-refractivity contribution is 5.42. The van der Waals surface area contributed by atoms with Crippen molar-refractivity contribution in [3.63, 3.8) is 0 Å². The van der Waals surface area contributed by atoms with Crippen molar-refractivity contribution < 1.29 is 4.74 Å². The molecular formula is C13H22N4O. The lowest BCUT2D eigenvalue weighted by molar-refractivity contribution is -0.0553. The van der Waals surface area contributed by atoms with Gasteiger partial charge in [0, 0.05) is 19.2 Å². The standard InChI is InChI=1S/C13H22N4O/c1-4-15-11-8-14-9-12(17-11)16-10-5-6-18-13(2,3)7-10/h8-10H,4-7H2,1-3H3,(H2,15,16,17). The first-order chi connectivity index (χ1) is 8.59. The molecule has 0 saturated carbocycles. The molecule has 2 N–H and O–H groups in total. The van der Waals surface area contributed by atoms with Crippen LogP contribution in [0.5, 0.6) is 0 Å². The lowest BCUT2D eigenvalue weighted by atomic mass is 9.94. The smallest absolute Gasteiger partial charge is 0.147 e. The van der Waals surface area contributed by atoms with Crippen molar-refractivity contribution in [2.24, 2.45) is 0 Å². The van der Waals surface area contributed by atoms with Crippen molar-refractivity contribution in [2.45, 2.75) is 45.3 Å². The van der Waals surface area contributed by atoms with Crippen LogP contribution in [0, 0.1) is 0 Å². The monoisotopic (exact) mass is 250 g/mol. The molecule has 2 heterocycles. The maximum atomic E-state index is 5.71. The van der Waals surface area contributed by atoms with Gasteiger partial charge in [0.15, 0.2) is 0 Å². The molecule has 5 nitrogen and oxygen atoms in total. The summed E-state index contributed by atoms with van der Waals surface area (Å²) in [5, 5.41) is 6.60. The van der Waals surface area contributed by atoms with Gasteiger partial charge in [-0.25, -0.2) is 4.98 Å². The van der Waals surface area contributed by atoms with Crippen LogP contribution in [0.3, 0.4) is 0 Å². The average Bonchev–Trinajstić information content (AvgIpc) is 2.28. The summed E-state index contributed by atoms with van der Waals surface area (Å²) < 4.78 is 5.71. The number of nitrogens with zero attached hydrogens (tertiary/aromatic N) is 2. The first-order valence-electron chi connectivity index (χ1n) is 6.55. The number of nitrogens with one attached hydrogen (secondary N) is 2. The third-order valence-corrected chi connectivity index (χ3v) is 3.04. The summed E-state index contributed by atoms with van der Waals surface area (Å²) in [5.74, 6) is 1.64. The molecule has 1 atom stereocenters. The Kier molecular flexibility index (Phi) is 4.01. The van der Waals surface area contributed by atoms with E-state index < -0.39 is 0 Å². The molecule has 1 saturated heterocycles. The molecule has 5 heteroatoms. The second kappa shape index (κ2) is 5.52. The quantitative estimate of drug-likeness (QED) is 0.858. The molecule has 0 radical (unpaired) electrons. The highest BCUT2D eigenvalue weighted by Crippen LogP contribution is 2.25. The molecule has 1 aromatic rings. The molecule has 18 heavy (non-hydrogen) atoms. The van der Waals surface area contributed by atoms with E-state index in [1.165, 1.54) is 0 Å². The van der Waals surface area contributed by atoms with Crippen LogP contribution in [-0.4, -0.2) is 34.8 Å². The normalized spacial score (nSPS) is 22.5. The van der Waals surface area contributed by atoms with Crippen LogP contribution in [0.1, 0.15) is 33.6 Å². The largest absolute Gasteiger partial charge is 0.375 e. The van der Waals surface area contributed by atoms with Gasteiger partial charge in [-0.2, -0.15) is 0 Å². The topological polar surface area (TPSA) is 59.1 Å². The third kappa shape index (κ3) is 3.57. The Bertz CT molecular complexity index is 394. The Labute approximate surface area is 108 Å². The van der Waals surface area contributed by atoms with Crippen LogP contribution in [0.2, 0.25) is 0 Å². The molecule has 1 aliphatic rings. The van der Waals surface area contributed by atoms with Crippen molar-refractivity contribution in [2.75, 3.05) is 23.8 Å². The lowest BCUT2D eigenvalue weighted by Gasteiger charge is -2.36. The van der Waals surface area contributed by atoms with E-state index in [2.05, 4.69) is 34.4 Å².